The van der Waals surface area contributed by atoms with Crippen molar-refractivity contribution >= 4 is 28.3 Å². The Morgan fingerprint density at radius 2 is 2.17 bits per heavy atom. The molecule has 1 fully saturated rings. The highest BCUT2D eigenvalue weighted by Gasteiger charge is 2.33. The fraction of sp³-hybridized carbons (Fsp3) is 0.562. The maximum absolute atomic E-state index is 10.8. The van der Waals surface area contributed by atoms with Gasteiger partial charge in [-0.15, -0.1) is 0 Å². The number of aliphatic hydroxyl groups excluding tert-OH is 1. The molecule has 0 bridgehead atoms. The van der Waals surface area contributed by atoms with E-state index in [-0.39, 0.29) is 11.7 Å². The molecule has 7 heteroatoms. The second kappa shape index (κ2) is 7.31. The number of benzene rings is 1. The van der Waals surface area contributed by atoms with Gasteiger partial charge in [-0.25, -0.2) is 4.99 Å². The van der Waals surface area contributed by atoms with Crippen LogP contribution in [0.2, 0.25) is 0 Å². The molecule has 6 nitrogen and oxygen atoms in total. The first kappa shape index (κ1) is 17.7. The van der Waals surface area contributed by atoms with Crippen LogP contribution < -0.4 is 0 Å². The Morgan fingerprint density at radius 1 is 1.48 bits per heavy atom. The standard InChI is InChI=1S/C16H23N3O3S/c1-10(2)8-18-15(12(4)20)9-23-16(18)17-14-6-5-13(19(21)22)7-11(14)3/h5-7,10,12,15,20H,8-9H2,1-4H3. The summed E-state index contributed by atoms with van der Waals surface area (Å²) in [6, 6.07) is 4.76. The van der Waals surface area contributed by atoms with Gasteiger partial charge in [-0.05, 0) is 31.4 Å². The second-order valence-electron chi connectivity index (χ2n) is 6.29. The first-order valence-corrected chi connectivity index (χ1v) is 8.69. The topological polar surface area (TPSA) is 79.0 Å². The Morgan fingerprint density at radius 3 is 2.70 bits per heavy atom. The number of nitrogens with zero attached hydrogens (tertiary/aromatic N) is 3. The van der Waals surface area contributed by atoms with E-state index in [1.165, 1.54) is 12.1 Å². The van der Waals surface area contributed by atoms with E-state index in [2.05, 4.69) is 18.7 Å². The third-order valence-electron chi connectivity index (χ3n) is 3.76. The van der Waals surface area contributed by atoms with Gasteiger partial charge in [0.05, 0.1) is 22.8 Å². The van der Waals surface area contributed by atoms with E-state index in [1.54, 1.807) is 24.8 Å². The molecule has 2 unspecified atom stereocenters. The van der Waals surface area contributed by atoms with Gasteiger partial charge in [0, 0.05) is 24.4 Å². The lowest BCUT2D eigenvalue weighted by Crippen LogP contribution is -2.43. The zero-order chi connectivity index (χ0) is 17.1. The van der Waals surface area contributed by atoms with Crippen LogP contribution >= 0.6 is 11.8 Å². The summed E-state index contributed by atoms with van der Waals surface area (Å²) in [6.07, 6.45) is -0.424. The first-order chi connectivity index (χ1) is 10.8. The van der Waals surface area contributed by atoms with Crippen LogP contribution in [0.25, 0.3) is 0 Å². The molecule has 0 aromatic heterocycles. The minimum atomic E-state index is -0.424. The van der Waals surface area contributed by atoms with Gasteiger partial charge in [-0.3, -0.25) is 10.1 Å². The van der Waals surface area contributed by atoms with Crippen LogP contribution in [0, 0.1) is 23.0 Å². The highest BCUT2D eigenvalue weighted by atomic mass is 32.2. The van der Waals surface area contributed by atoms with E-state index in [0.717, 1.165) is 28.7 Å². The summed E-state index contributed by atoms with van der Waals surface area (Å²) >= 11 is 1.62. The van der Waals surface area contributed by atoms with Gasteiger partial charge in [0.1, 0.15) is 0 Å². The summed E-state index contributed by atoms with van der Waals surface area (Å²) in [4.78, 5) is 17.3. The molecular formula is C16H23N3O3S. The Bertz CT molecular complexity index is 617. The van der Waals surface area contributed by atoms with Gasteiger partial charge in [-0.2, -0.15) is 0 Å². The zero-order valence-corrected chi connectivity index (χ0v) is 14.7. The predicted molar refractivity (Wildman–Crippen MR) is 94.4 cm³/mol. The average Bonchev–Trinajstić information content (AvgIpc) is 2.83. The third-order valence-corrected chi connectivity index (χ3v) is 4.85. The number of aryl methyl sites for hydroxylation is 1. The lowest BCUT2D eigenvalue weighted by atomic mass is 10.1. The first-order valence-electron chi connectivity index (χ1n) is 7.70. The van der Waals surface area contributed by atoms with Crippen molar-refractivity contribution in [1.29, 1.82) is 0 Å². The van der Waals surface area contributed by atoms with Crippen molar-refractivity contribution in [3.63, 3.8) is 0 Å². The van der Waals surface area contributed by atoms with Crippen LogP contribution in [0.15, 0.2) is 23.2 Å². The smallest absolute Gasteiger partial charge is 0.269 e. The normalized spacial score (nSPS) is 21.2. The molecule has 1 aromatic rings. The molecule has 0 aliphatic carbocycles. The zero-order valence-electron chi connectivity index (χ0n) is 13.9. The minimum Gasteiger partial charge on any atom is -0.391 e. The highest BCUT2D eigenvalue weighted by molar-refractivity contribution is 8.14. The lowest BCUT2D eigenvalue weighted by molar-refractivity contribution is -0.384. The molecule has 0 radical (unpaired) electrons. The van der Waals surface area contributed by atoms with Gasteiger partial charge in [0.25, 0.3) is 5.69 Å². The number of aliphatic imine (C=N–C) groups is 1. The van der Waals surface area contributed by atoms with Gasteiger partial charge in [0.2, 0.25) is 0 Å². The Balaban J connectivity index is 2.31. The fourth-order valence-corrected chi connectivity index (χ4v) is 3.88. The van der Waals surface area contributed by atoms with Crippen molar-refractivity contribution in [1.82, 2.24) is 4.90 Å². The predicted octanol–water partition coefficient (Wildman–Crippen LogP) is 3.34. The second-order valence-corrected chi connectivity index (χ2v) is 7.27. The van der Waals surface area contributed by atoms with Gasteiger partial charge < -0.3 is 10.0 Å². The summed E-state index contributed by atoms with van der Waals surface area (Å²) in [7, 11) is 0. The number of amidine groups is 1. The summed E-state index contributed by atoms with van der Waals surface area (Å²) in [5.74, 6) is 1.26. The lowest BCUT2D eigenvalue weighted by Gasteiger charge is -2.29. The SMILES string of the molecule is Cc1cc([N+](=O)[O-])ccc1N=C1SCC(C(C)O)N1CC(C)C. The molecule has 23 heavy (non-hydrogen) atoms. The van der Waals surface area contributed by atoms with Crippen molar-refractivity contribution in [3.8, 4) is 0 Å². The number of hydrogen-bond donors (Lipinski definition) is 1. The van der Waals surface area contributed by atoms with Crippen molar-refractivity contribution in [2.75, 3.05) is 12.3 Å². The van der Waals surface area contributed by atoms with Gasteiger partial charge in [-0.1, -0.05) is 25.6 Å². The fourth-order valence-electron chi connectivity index (χ4n) is 2.56. The summed E-state index contributed by atoms with van der Waals surface area (Å²) < 4.78 is 0. The number of nitro benzene ring substituents is 1. The van der Waals surface area contributed by atoms with Crippen molar-refractivity contribution < 1.29 is 10.0 Å². The van der Waals surface area contributed by atoms with Gasteiger partial charge >= 0.3 is 0 Å². The molecule has 0 saturated carbocycles. The summed E-state index contributed by atoms with van der Waals surface area (Å²) in [5.41, 5.74) is 1.59. The summed E-state index contributed by atoms with van der Waals surface area (Å²) in [5, 5.41) is 21.7. The number of rotatable bonds is 5. The molecule has 126 valence electrons. The third kappa shape index (κ3) is 4.23. The van der Waals surface area contributed by atoms with E-state index in [1.807, 2.05) is 6.92 Å². The molecule has 1 saturated heterocycles. The molecule has 2 atom stereocenters. The van der Waals surface area contributed by atoms with E-state index in [9.17, 15) is 15.2 Å². The number of nitro groups is 1. The van der Waals surface area contributed by atoms with Crippen LogP contribution in [-0.4, -0.2) is 44.5 Å². The van der Waals surface area contributed by atoms with Crippen LogP contribution in [0.4, 0.5) is 11.4 Å². The number of hydrogen-bond acceptors (Lipinski definition) is 5. The van der Waals surface area contributed by atoms with Crippen molar-refractivity contribution in [2.24, 2.45) is 10.9 Å². The number of non-ortho nitro benzene ring substituents is 1. The average molecular weight is 337 g/mol. The molecule has 1 N–H and O–H groups in total. The molecule has 0 amide bonds. The quantitative estimate of drug-likeness (QED) is 0.658. The van der Waals surface area contributed by atoms with E-state index >= 15 is 0 Å². The largest absolute Gasteiger partial charge is 0.391 e. The highest BCUT2D eigenvalue weighted by Crippen LogP contribution is 2.31. The minimum absolute atomic E-state index is 0.0551. The van der Waals surface area contributed by atoms with Crippen LogP contribution in [-0.2, 0) is 0 Å². The molecular weight excluding hydrogens is 314 g/mol. The number of thioether (sulfide) groups is 1. The summed E-state index contributed by atoms with van der Waals surface area (Å²) in [6.45, 7) is 8.73. The maximum atomic E-state index is 10.8. The van der Waals surface area contributed by atoms with Crippen LogP contribution in [0.5, 0.6) is 0 Å². The molecule has 2 rings (SSSR count). The van der Waals surface area contributed by atoms with Gasteiger partial charge in [0.15, 0.2) is 5.17 Å². The van der Waals surface area contributed by atoms with E-state index < -0.39 is 11.0 Å². The van der Waals surface area contributed by atoms with Crippen LogP contribution in [0.3, 0.4) is 0 Å². The maximum Gasteiger partial charge on any atom is 0.269 e. The molecule has 1 aromatic carbocycles. The number of aliphatic hydroxyl groups is 1. The Labute approximate surface area is 140 Å². The molecule has 1 aliphatic rings. The Hall–Kier alpha value is -1.60. The van der Waals surface area contributed by atoms with Crippen LogP contribution in [0.1, 0.15) is 26.3 Å². The molecule has 1 heterocycles. The van der Waals surface area contributed by atoms with Crippen molar-refractivity contribution in [3.05, 3.63) is 33.9 Å². The monoisotopic (exact) mass is 337 g/mol. The Kier molecular flexibility index (Phi) is 5.64. The van der Waals surface area contributed by atoms with E-state index in [4.69, 9.17) is 4.99 Å². The van der Waals surface area contributed by atoms with Crippen molar-refractivity contribution in [2.45, 2.75) is 39.8 Å². The molecule has 1 aliphatic heterocycles. The van der Waals surface area contributed by atoms with E-state index in [0.29, 0.717) is 5.92 Å². The molecule has 0 spiro atoms.